The molecule has 2 rings (SSSR count). The molecule has 1 heterocycles. The average Bonchev–Trinajstić information content (AvgIpc) is 2.91. The van der Waals surface area contributed by atoms with Gasteiger partial charge in [-0.1, -0.05) is 29.8 Å². The lowest BCUT2D eigenvalue weighted by molar-refractivity contribution is -0.137. The summed E-state index contributed by atoms with van der Waals surface area (Å²) in [5, 5.41) is 3.70. The van der Waals surface area contributed by atoms with E-state index >= 15 is 0 Å². The Labute approximate surface area is 130 Å². The summed E-state index contributed by atoms with van der Waals surface area (Å²) >= 11 is 6.13. The second-order valence-corrected chi connectivity index (χ2v) is 5.98. The van der Waals surface area contributed by atoms with Crippen LogP contribution in [-0.2, 0) is 16.0 Å². The van der Waals surface area contributed by atoms with Crippen LogP contribution >= 0.6 is 11.6 Å². The number of hydrogen-bond acceptors (Lipinski definition) is 2. The molecule has 0 unspecified atom stereocenters. The number of hydrogen-bond donors (Lipinski definition) is 1. The standard InChI is InChI=1S/C16H21ClN2O2/c1-11(10-13-6-3-4-7-14(13)17)18-16(21)15-8-5-9-19(15)12(2)20/h3-4,6-7,11,15H,5,8-10H2,1-2H3,(H,18,21)/t11-,15+/m1/s1. The molecular formula is C16H21ClN2O2. The first-order chi connectivity index (χ1) is 9.99. The minimum Gasteiger partial charge on any atom is -0.352 e. The molecule has 2 amide bonds. The number of carbonyl (C=O) groups is 2. The molecule has 1 aliphatic heterocycles. The molecule has 1 N–H and O–H groups in total. The minimum absolute atomic E-state index is 0.0215. The van der Waals surface area contributed by atoms with Crippen LogP contribution in [0.15, 0.2) is 24.3 Å². The van der Waals surface area contributed by atoms with Gasteiger partial charge in [0.25, 0.3) is 0 Å². The van der Waals surface area contributed by atoms with Gasteiger partial charge < -0.3 is 10.2 Å². The highest BCUT2D eigenvalue weighted by Crippen LogP contribution is 2.19. The molecule has 1 fully saturated rings. The summed E-state index contributed by atoms with van der Waals surface area (Å²) in [5.74, 6) is -0.103. The van der Waals surface area contributed by atoms with Gasteiger partial charge in [0.1, 0.15) is 6.04 Å². The van der Waals surface area contributed by atoms with Gasteiger partial charge in [-0.3, -0.25) is 9.59 Å². The topological polar surface area (TPSA) is 49.4 Å². The van der Waals surface area contributed by atoms with Gasteiger partial charge in [-0.25, -0.2) is 0 Å². The monoisotopic (exact) mass is 308 g/mol. The van der Waals surface area contributed by atoms with Crippen molar-refractivity contribution in [2.75, 3.05) is 6.54 Å². The lowest BCUT2D eigenvalue weighted by atomic mass is 10.1. The quantitative estimate of drug-likeness (QED) is 0.928. The van der Waals surface area contributed by atoms with Crippen molar-refractivity contribution in [1.29, 1.82) is 0 Å². The SMILES string of the molecule is CC(=O)N1CCC[C@H]1C(=O)N[C@H](C)Cc1ccccc1Cl. The van der Waals surface area contributed by atoms with Crippen molar-refractivity contribution >= 4 is 23.4 Å². The molecule has 5 heteroatoms. The Morgan fingerprint density at radius 3 is 2.81 bits per heavy atom. The van der Waals surface area contributed by atoms with E-state index in [1.54, 1.807) is 4.90 Å². The maximum Gasteiger partial charge on any atom is 0.243 e. The van der Waals surface area contributed by atoms with Crippen molar-refractivity contribution in [3.05, 3.63) is 34.9 Å². The summed E-state index contributed by atoms with van der Waals surface area (Å²) in [6.07, 6.45) is 2.30. The van der Waals surface area contributed by atoms with Crippen LogP contribution in [0.3, 0.4) is 0 Å². The van der Waals surface area contributed by atoms with Crippen molar-refractivity contribution in [2.45, 2.75) is 45.2 Å². The van der Waals surface area contributed by atoms with E-state index in [1.807, 2.05) is 31.2 Å². The summed E-state index contributed by atoms with van der Waals surface area (Å²) in [7, 11) is 0. The van der Waals surface area contributed by atoms with Crippen molar-refractivity contribution < 1.29 is 9.59 Å². The van der Waals surface area contributed by atoms with E-state index in [0.717, 1.165) is 18.4 Å². The number of nitrogens with zero attached hydrogens (tertiary/aromatic N) is 1. The smallest absolute Gasteiger partial charge is 0.243 e. The van der Waals surface area contributed by atoms with Gasteiger partial charge in [0.15, 0.2) is 0 Å². The highest BCUT2D eigenvalue weighted by Gasteiger charge is 2.32. The van der Waals surface area contributed by atoms with E-state index in [2.05, 4.69) is 5.32 Å². The first-order valence-corrected chi connectivity index (χ1v) is 7.68. The molecule has 0 aliphatic carbocycles. The zero-order valence-electron chi connectivity index (χ0n) is 12.4. The molecule has 1 aliphatic rings. The average molecular weight is 309 g/mol. The number of carbonyl (C=O) groups excluding carboxylic acids is 2. The number of likely N-dealkylation sites (tertiary alicyclic amines) is 1. The number of rotatable bonds is 4. The lowest BCUT2D eigenvalue weighted by Crippen LogP contribution is -2.48. The second-order valence-electron chi connectivity index (χ2n) is 5.58. The summed E-state index contributed by atoms with van der Waals surface area (Å²) in [5.41, 5.74) is 1.02. The maximum absolute atomic E-state index is 12.3. The third-order valence-electron chi connectivity index (χ3n) is 3.83. The molecule has 114 valence electrons. The lowest BCUT2D eigenvalue weighted by Gasteiger charge is -2.24. The second kappa shape index (κ2) is 6.94. The van der Waals surface area contributed by atoms with Gasteiger partial charge in [-0.2, -0.15) is 0 Å². The van der Waals surface area contributed by atoms with Gasteiger partial charge in [-0.05, 0) is 37.8 Å². The van der Waals surface area contributed by atoms with Crippen LogP contribution in [0.2, 0.25) is 5.02 Å². The van der Waals surface area contributed by atoms with Crippen LogP contribution in [0.4, 0.5) is 0 Å². The molecule has 1 aromatic rings. The fraction of sp³-hybridized carbons (Fsp3) is 0.500. The highest BCUT2D eigenvalue weighted by molar-refractivity contribution is 6.31. The van der Waals surface area contributed by atoms with E-state index in [9.17, 15) is 9.59 Å². The third kappa shape index (κ3) is 3.97. The van der Waals surface area contributed by atoms with Crippen molar-refractivity contribution in [3.8, 4) is 0 Å². The van der Waals surface area contributed by atoms with E-state index < -0.39 is 0 Å². The Hall–Kier alpha value is -1.55. The summed E-state index contributed by atoms with van der Waals surface area (Å²) in [4.78, 5) is 25.5. The highest BCUT2D eigenvalue weighted by atomic mass is 35.5. The van der Waals surface area contributed by atoms with Crippen LogP contribution in [0.1, 0.15) is 32.3 Å². The van der Waals surface area contributed by atoms with Crippen LogP contribution in [0.5, 0.6) is 0 Å². The molecule has 4 nitrogen and oxygen atoms in total. The van der Waals surface area contributed by atoms with E-state index in [-0.39, 0.29) is 23.9 Å². The minimum atomic E-state index is -0.323. The Morgan fingerprint density at radius 1 is 1.43 bits per heavy atom. The summed E-state index contributed by atoms with van der Waals surface area (Å²) in [6.45, 7) is 4.14. The van der Waals surface area contributed by atoms with Crippen LogP contribution in [0.25, 0.3) is 0 Å². The van der Waals surface area contributed by atoms with Crippen molar-refractivity contribution in [3.63, 3.8) is 0 Å². The number of benzene rings is 1. The fourth-order valence-electron chi connectivity index (χ4n) is 2.80. The molecule has 1 aromatic carbocycles. The maximum atomic E-state index is 12.3. The molecular weight excluding hydrogens is 288 g/mol. The Bertz CT molecular complexity index is 533. The van der Waals surface area contributed by atoms with Gasteiger partial charge in [0.2, 0.25) is 11.8 Å². The van der Waals surface area contributed by atoms with Gasteiger partial charge in [-0.15, -0.1) is 0 Å². The van der Waals surface area contributed by atoms with E-state index in [0.29, 0.717) is 18.0 Å². The number of nitrogens with one attached hydrogen (secondary N) is 1. The fourth-order valence-corrected chi connectivity index (χ4v) is 3.01. The Balaban J connectivity index is 1.93. The van der Waals surface area contributed by atoms with Crippen molar-refractivity contribution in [1.82, 2.24) is 10.2 Å². The largest absolute Gasteiger partial charge is 0.352 e. The van der Waals surface area contributed by atoms with E-state index in [4.69, 9.17) is 11.6 Å². The van der Waals surface area contributed by atoms with E-state index in [1.165, 1.54) is 6.92 Å². The first-order valence-electron chi connectivity index (χ1n) is 7.30. The molecule has 0 bridgehead atoms. The molecule has 21 heavy (non-hydrogen) atoms. The van der Waals surface area contributed by atoms with Crippen molar-refractivity contribution in [2.24, 2.45) is 0 Å². The molecule has 0 radical (unpaired) electrons. The first kappa shape index (κ1) is 15.8. The van der Waals surface area contributed by atoms with Crippen LogP contribution < -0.4 is 5.32 Å². The molecule has 2 atom stereocenters. The predicted molar refractivity (Wildman–Crippen MR) is 83.2 cm³/mol. The zero-order valence-corrected chi connectivity index (χ0v) is 13.2. The zero-order chi connectivity index (χ0) is 15.4. The van der Waals surface area contributed by atoms with Crippen LogP contribution in [-0.4, -0.2) is 35.3 Å². The summed E-state index contributed by atoms with van der Waals surface area (Å²) < 4.78 is 0. The van der Waals surface area contributed by atoms with Gasteiger partial charge >= 0.3 is 0 Å². The molecule has 1 saturated heterocycles. The van der Waals surface area contributed by atoms with Gasteiger partial charge in [0, 0.05) is 24.5 Å². The normalized spacial score (nSPS) is 19.4. The Morgan fingerprint density at radius 2 is 2.14 bits per heavy atom. The van der Waals surface area contributed by atoms with Crippen LogP contribution in [0, 0.1) is 0 Å². The summed E-state index contributed by atoms with van der Waals surface area (Å²) in [6, 6.07) is 7.29. The molecule has 0 saturated carbocycles. The third-order valence-corrected chi connectivity index (χ3v) is 4.20. The molecule has 0 spiro atoms. The Kier molecular flexibility index (Phi) is 5.23. The number of amides is 2. The predicted octanol–water partition coefficient (Wildman–Crippen LogP) is 2.40. The number of halogens is 1. The molecule has 0 aromatic heterocycles. The van der Waals surface area contributed by atoms with Gasteiger partial charge in [0.05, 0.1) is 0 Å².